The molecular formula is C21H21NO6. The maximum Gasteiger partial charge on any atom is 0.342 e. The van der Waals surface area contributed by atoms with E-state index in [9.17, 15) is 4.79 Å². The van der Waals surface area contributed by atoms with Crippen LogP contribution in [0, 0.1) is 0 Å². The molecule has 0 radical (unpaired) electrons. The van der Waals surface area contributed by atoms with E-state index in [-0.39, 0.29) is 6.61 Å². The number of methoxy groups -OCH3 is 2. The van der Waals surface area contributed by atoms with E-state index >= 15 is 0 Å². The van der Waals surface area contributed by atoms with Gasteiger partial charge in [-0.25, -0.2) is 4.79 Å². The van der Waals surface area contributed by atoms with Gasteiger partial charge in [0.2, 0.25) is 0 Å². The zero-order valence-electron chi connectivity index (χ0n) is 15.9. The fourth-order valence-corrected chi connectivity index (χ4v) is 2.64. The Morgan fingerprint density at radius 2 is 1.79 bits per heavy atom. The number of hydrogen-bond donors (Lipinski definition) is 0. The van der Waals surface area contributed by atoms with Crippen molar-refractivity contribution in [3.8, 4) is 28.6 Å². The molecule has 0 aliphatic heterocycles. The highest BCUT2D eigenvalue weighted by molar-refractivity contribution is 5.92. The number of para-hydroxylation sites is 1. The molecule has 0 spiro atoms. The molecule has 3 rings (SSSR count). The summed E-state index contributed by atoms with van der Waals surface area (Å²) in [6.07, 6.45) is 0. The second-order valence-electron chi connectivity index (χ2n) is 5.76. The molecule has 146 valence electrons. The van der Waals surface area contributed by atoms with Gasteiger partial charge in [0.25, 0.3) is 0 Å². The Morgan fingerprint density at radius 1 is 1.00 bits per heavy atom. The summed E-state index contributed by atoms with van der Waals surface area (Å²) >= 11 is 0. The first-order chi connectivity index (χ1) is 13.7. The Kier molecular flexibility index (Phi) is 6.16. The van der Waals surface area contributed by atoms with Crippen LogP contribution >= 0.6 is 0 Å². The number of benzene rings is 2. The predicted molar refractivity (Wildman–Crippen MR) is 102 cm³/mol. The summed E-state index contributed by atoms with van der Waals surface area (Å²) in [5.41, 5.74) is 1.63. The Hall–Kier alpha value is -3.48. The van der Waals surface area contributed by atoms with Gasteiger partial charge in [0.15, 0.2) is 17.3 Å². The molecule has 2 aromatic carbocycles. The molecule has 0 aliphatic carbocycles. The minimum absolute atomic E-state index is 0.0178. The van der Waals surface area contributed by atoms with Crippen molar-refractivity contribution in [3.63, 3.8) is 0 Å². The van der Waals surface area contributed by atoms with E-state index < -0.39 is 5.97 Å². The Balaban J connectivity index is 1.69. The number of aromatic nitrogens is 1. The van der Waals surface area contributed by atoms with E-state index in [2.05, 4.69) is 5.16 Å². The van der Waals surface area contributed by atoms with Gasteiger partial charge >= 0.3 is 5.97 Å². The van der Waals surface area contributed by atoms with Gasteiger partial charge in [-0.15, -0.1) is 0 Å². The third kappa shape index (κ3) is 4.25. The first-order valence-electron chi connectivity index (χ1n) is 8.73. The second-order valence-corrected chi connectivity index (χ2v) is 5.76. The van der Waals surface area contributed by atoms with Crippen LogP contribution in [0.2, 0.25) is 0 Å². The van der Waals surface area contributed by atoms with Crippen LogP contribution in [-0.4, -0.2) is 32.0 Å². The van der Waals surface area contributed by atoms with Gasteiger partial charge in [-0.3, -0.25) is 0 Å². The van der Waals surface area contributed by atoms with Crippen molar-refractivity contribution in [2.45, 2.75) is 13.5 Å². The van der Waals surface area contributed by atoms with Crippen LogP contribution in [0.5, 0.6) is 17.2 Å². The fourth-order valence-electron chi connectivity index (χ4n) is 2.64. The van der Waals surface area contributed by atoms with Gasteiger partial charge < -0.3 is 23.5 Å². The quantitative estimate of drug-likeness (QED) is 0.541. The summed E-state index contributed by atoms with van der Waals surface area (Å²) in [6, 6.07) is 14.0. The third-order valence-corrected chi connectivity index (χ3v) is 3.98. The lowest BCUT2D eigenvalue weighted by Gasteiger charge is -2.09. The normalized spacial score (nSPS) is 10.4. The van der Waals surface area contributed by atoms with Crippen LogP contribution in [-0.2, 0) is 11.3 Å². The minimum Gasteiger partial charge on any atom is -0.493 e. The summed E-state index contributed by atoms with van der Waals surface area (Å²) < 4.78 is 26.7. The highest BCUT2D eigenvalue weighted by Crippen LogP contribution is 2.32. The fraction of sp³-hybridized carbons (Fsp3) is 0.238. The molecule has 0 saturated carbocycles. The van der Waals surface area contributed by atoms with Gasteiger partial charge in [0, 0.05) is 11.6 Å². The summed E-state index contributed by atoms with van der Waals surface area (Å²) in [4.78, 5) is 12.4. The zero-order valence-corrected chi connectivity index (χ0v) is 15.9. The molecule has 0 saturated heterocycles. The van der Waals surface area contributed by atoms with Gasteiger partial charge in [0.1, 0.15) is 23.6 Å². The molecule has 0 bridgehead atoms. The van der Waals surface area contributed by atoms with Crippen LogP contribution in [0.3, 0.4) is 0 Å². The van der Waals surface area contributed by atoms with Crippen molar-refractivity contribution in [2.75, 3.05) is 20.8 Å². The smallest absolute Gasteiger partial charge is 0.342 e. The average Bonchev–Trinajstić information content (AvgIpc) is 3.21. The van der Waals surface area contributed by atoms with E-state index in [1.165, 1.54) is 0 Å². The molecule has 1 heterocycles. The standard InChI is InChI=1S/C21H21NO6/c1-4-26-17-8-6-5-7-16(17)21(23)27-13-15-12-19(28-22-15)14-9-10-18(24-2)20(11-14)25-3/h5-12H,4,13H2,1-3H3. The molecule has 3 aromatic rings. The number of carbonyl (C=O) groups is 1. The zero-order chi connectivity index (χ0) is 19.9. The van der Waals surface area contributed by atoms with E-state index in [1.807, 2.05) is 13.0 Å². The number of rotatable bonds is 8. The monoisotopic (exact) mass is 383 g/mol. The maximum atomic E-state index is 12.4. The Morgan fingerprint density at radius 3 is 2.54 bits per heavy atom. The van der Waals surface area contributed by atoms with Crippen LogP contribution in [0.15, 0.2) is 53.1 Å². The number of ether oxygens (including phenoxy) is 4. The summed E-state index contributed by atoms with van der Waals surface area (Å²) in [7, 11) is 3.13. The first-order valence-corrected chi connectivity index (χ1v) is 8.73. The second kappa shape index (κ2) is 8.94. The van der Waals surface area contributed by atoms with E-state index in [0.717, 1.165) is 5.56 Å². The molecule has 28 heavy (non-hydrogen) atoms. The summed E-state index contributed by atoms with van der Waals surface area (Å²) in [5.74, 6) is 1.73. The number of esters is 1. The molecule has 0 unspecified atom stereocenters. The molecule has 7 heteroatoms. The van der Waals surface area contributed by atoms with E-state index in [0.29, 0.717) is 40.9 Å². The number of nitrogens with zero attached hydrogens (tertiary/aromatic N) is 1. The summed E-state index contributed by atoms with van der Waals surface area (Å²) in [5, 5.41) is 3.96. The van der Waals surface area contributed by atoms with Crippen LogP contribution < -0.4 is 14.2 Å². The molecule has 0 atom stereocenters. The van der Waals surface area contributed by atoms with Crippen molar-refractivity contribution in [3.05, 3.63) is 59.8 Å². The van der Waals surface area contributed by atoms with E-state index in [4.69, 9.17) is 23.5 Å². The highest BCUT2D eigenvalue weighted by Gasteiger charge is 2.16. The topological polar surface area (TPSA) is 80.0 Å². The molecule has 7 nitrogen and oxygen atoms in total. The Bertz CT molecular complexity index is 950. The van der Waals surface area contributed by atoms with Crippen molar-refractivity contribution in [1.29, 1.82) is 0 Å². The number of hydrogen-bond acceptors (Lipinski definition) is 7. The van der Waals surface area contributed by atoms with Gasteiger partial charge in [-0.2, -0.15) is 0 Å². The third-order valence-electron chi connectivity index (χ3n) is 3.98. The van der Waals surface area contributed by atoms with Crippen molar-refractivity contribution < 1.29 is 28.3 Å². The average molecular weight is 383 g/mol. The van der Waals surface area contributed by atoms with Crippen LogP contribution in [0.4, 0.5) is 0 Å². The molecule has 1 aromatic heterocycles. The number of carbonyl (C=O) groups excluding carboxylic acids is 1. The highest BCUT2D eigenvalue weighted by atomic mass is 16.5. The largest absolute Gasteiger partial charge is 0.493 e. The lowest BCUT2D eigenvalue weighted by molar-refractivity contribution is 0.0460. The first kappa shape index (κ1) is 19.3. The predicted octanol–water partition coefficient (Wildman–Crippen LogP) is 4.11. The molecular weight excluding hydrogens is 362 g/mol. The molecule has 0 aliphatic rings. The van der Waals surface area contributed by atoms with E-state index in [1.54, 1.807) is 56.7 Å². The maximum absolute atomic E-state index is 12.4. The Labute approximate surface area is 162 Å². The lowest BCUT2D eigenvalue weighted by Crippen LogP contribution is -2.08. The lowest BCUT2D eigenvalue weighted by atomic mass is 10.1. The molecule has 0 amide bonds. The van der Waals surface area contributed by atoms with Gasteiger partial charge in [0.05, 0.1) is 20.8 Å². The van der Waals surface area contributed by atoms with Crippen LogP contribution in [0.1, 0.15) is 23.0 Å². The molecule has 0 N–H and O–H groups in total. The summed E-state index contributed by atoms with van der Waals surface area (Å²) in [6.45, 7) is 2.30. The molecule has 0 fully saturated rings. The van der Waals surface area contributed by atoms with Gasteiger partial charge in [-0.1, -0.05) is 17.3 Å². The van der Waals surface area contributed by atoms with Crippen LogP contribution in [0.25, 0.3) is 11.3 Å². The minimum atomic E-state index is -0.486. The van der Waals surface area contributed by atoms with Gasteiger partial charge in [-0.05, 0) is 37.3 Å². The SMILES string of the molecule is CCOc1ccccc1C(=O)OCc1cc(-c2ccc(OC)c(OC)c2)on1. The van der Waals surface area contributed by atoms with Crippen molar-refractivity contribution >= 4 is 5.97 Å². The van der Waals surface area contributed by atoms with Crippen molar-refractivity contribution in [1.82, 2.24) is 5.16 Å². The van der Waals surface area contributed by atoms with Crippen molar-refractivity contribution in [2.24, 2.45) is 0 Å².